The quantitative estimate of drug-likeness (QED) is 0.381. The van der Waals surface area contributed by atoms with E-state index in [0.717, 1.165) is 0 Å². The van der Waals surface area contributed by atoms with Crippen molar-refractivity contribution in [3.05, 3.63) is 53.2 Å². The molecule has 0 aromatic heterocycles. The monoisotopic (exact) mass is 494 g/mol. The normalized spacial score (nSPS) is 15.4. The maximum absolute atomic E-state index is 12.7. The number of rotatable bonds is 9. The van der Waals surface area contributed by atoms with Crippen LogP contribution in [0.4, 0.5) is 0 Å². The Morgan fingerprint density at radius 1 is 1.03 bits per heavy atom. The fourth-order valence-corrected chi connectivity index (χ4v) is 4.11. The fraction of sp³-hybridized carbons (Fsp3) is 0.370. The summed E-state index contributed by atoms with van der Waals surface area (Å²) in [6.45, 7) is 10.2. The van der Waals surface area contributed by atoms with E-state index in [-0.39, 0.29) is 43.0 Å². The first kappa shape index (κ1) is 25.1. The highest BCUT2D eigenvalue weighted by Crippen LogP contribution is 2.34. The number of carbonyl (C=O) groups is 2. The van der Waals surface area contributed by atoms with Crippen molar-refractivity contribution >= 4 is 23.9 Å². The summed E-state index contributed by atoms with van der Waals surface area (Å²) in [6, 6.07) is 10.6. The summed E-state index contributed by atoms with van der Waals surface area (Å²) < 4.78 is 27.6. The maximum atomic E-state index is 12.7. The smallest absolute Gasteiger partial charge is 0.363 e. The van der Waals surface area contributed by atoms with E-state index in [4.69, 9.17) is 23.7 Å². The molecule has 0 radical (unpaired) electrons. The van der Waals surface area contributed by atoms with Crippen LogP contribution in [0.15, 0.2) is 47.1 Å². The van der Waals surface area contributed by atoms with E-state index in [1.165, 1.54) is 0 Å². The van der Waals surface area contributed by atoms with Crippen molar-refractivity contribution in [1.29, 1.82) is 0 Å². The summed E-state index contributed by atoms with van der Waals surface area (Å²) in [7, 11) is 0. The number of hydrogen-bond acceptors (Lipinski definition) is 8. The average Bonchev–Trinajstić information content (AvgIpc) is 3.44. The van der Waals surface area contributed by atoms with Crippen LogP contribution in [-0.2, 0) is 14.3 Å². The Kier molecular flexibility index (Phi) is 7.47. The summed E-state index contributed by atoms with van der Waals surface area (Å²) in [6.07, 6.45) is 1.61. The van der Waals surface area contributed by atoms with Crippen LogP contribution in [0, 0.1) is 0 Å². The molecule has 0 aliphatic carbocycles. The van der Waals surface area contributed by atoms with E-state index in [0.29, 0.717) is 40.7 Å². The molecule has 0 atom stereocenters. The van der Waals surface area contributed by atoms with Crippen molar-refractivity contribution in [2.24, 2.45) is 4.99 Å². The number of fused-ring (bicyclic) bond motifs is 1. The molecular formula is C27H30N2O7. The number of hydrogen-bond donors (Lipinski definition) is 0. The molecule has 4 rings (SSSR count). The number of amides is 1. The van der Waals surface area contributed by atoms with Crippen LogP contribution in [0.25, 0.3) is 6.08 Å². The van der Waals surface area contributed by atoms with Gasteiger partial charge in [-0.25, -0.2) is 9.79 Å². The fourth-order valence-electron chi connectivity index (χ4n) is 4.11. The number of ether oxygens (including phenoxy) is 5. The van der Waals surface area contributed by atoms with Crippen LogP contribution in [-0.4, -0.2) is 54.8 Å². The minimum atomic E-state index is -0.561. The Morgan fingerprint density at radius 2 is 1.78 bits per heavy atom. The molecule has 0 saturated carbocycles. The van der Waals surface area contributed by atoms with Gasteiger partial charge in [0.15, 0.2) is 35.3 Å². The van der Waals surface area contributed by atoms with Gasteiger partial charge in [-0.1, -0.05) is 6.07 Å². The second kappa shape index (κ2) is 10.7. The molecular weight excluding hydrogens is 464 g/mol. The SMILES string of the molecule is CCOc1cc(C=C2N=C(c3ccc4c(c3)OCO4)OC2=O)ccc1OCC(=O)N(C(C)C)C(C)C. The van der Waals surface area contributed by atoms with Crippen molar-refractivity contribution in [2.45, 2.75) is 46.7 Å². The summed E-state index contributed by atoms with van der Waals surface area (Å²) >= 11 is 0. The van der Waals surface area contributed by atoms with Gasteiger partial charge in [-0.15, -0.1) is 0 Å². The Hall–Kier alpha value is -4.01. The summed E-state index contributed by atoms with van der Waals surface area (Å²) in [4.78, 5) is 31.3. The van der Waals surface area contributed by atoms with Gasteiger partial charge in [0.05, 0.1) is 6.61 Å². The molecule has 0 unspecified atom stereocenters. The molecule has 0 bridgehead atoms. The van der Waals surface area contributed by atoms with Gasteiger partial charge in [0.2, 0.25) is 12.7 Å². The molecule has 9 nitrogen and oxygen atoms in total. The van der Waals surface area contributed by atoms with E-state index in [9.17, 15) is 9.59 Å². The number of benzene rings is 2. The van der Waals surface area contributed by atoms with Crippen LogP contribution < -0.4 is 18.9 Å². The van der Waals surface area contributed by atoms with Crippen molar-refractivity contribution in [3.63, 3.8) is 0 Å². The van der Waals surface area contributed by atoms with Crippen LogP contribution in [0.3, 0.4) is 0 Å². The van der Waals surface area contributed by atoms with Gasteiger partial charge >= 0.3 is 5.97 Å². The number of aliphatic imine (C=N–C) groups is 1. The number of carbonyl (C=O) groups excluding carboxylic acids is 2. The zero-order valence-electron chi connectivity index (χ0n) is 21.1. The van der Waals surface area contributed by atoms with E-state index in [2.05, 4.69) is 4.99 Å². The van der Waals surface area contributed by atoms with Gasteiger partial charge in [-0.3, -0.25) is 4.79 Å². The molecule has 2 aromatic carbocycles. The number of esters is 1. The first-order chi connectivity index (χ1) is 17.3. The molecule has 0 fully saturated rings. The second-order valence-corrected chi connectivity index (χ2v) is 8.82. The van der Waals surface area contributed by atoms with E-state index >= 15 is 0 Å². The predicted molar refractivity (Wildman–Crippen MR) is 133 cm³/mol. The minimum absolute atomic E-state index is 0.0655. The van der Waals surface area contributed by atoms with Crippen molar-refractivity contribution < 1.29 is 33.3 Å². The highest BCUT2D eigenvalue weighted by atomic mass is 16.7. The van der Waals surface area contributed by atoms with E-state index in [1.807, 2.05) is 34.6 Å². The number of cyclic esters (lactones) is 1. The molecule has 190 valence electrons. The standard InChI is InChI=1S/C27H30N2O7/c1-6-32-23-12-18(7-9-21(23)33-14-25(30)29(16(2)3)17(4)5)11-20-27(31)36-26(28-20)19-8-10-22-24(13-19)35-15-34-22/h7-13,16-17H,6,14-15H2,1-5H3. The lowest BCUT2D eigenvalue weighted by Gasteiger charge is -2.30. The van der Waals surface area contributed by atoms with Crippen molar-refractivity contribution in [3.8, 4) is 23.0 Å². The maximum Gasteiger partial charge on any atom is 0.363 e. The molecule has 1 amide bonds. The van der Waals surface area contributed by atoms with E-state index in [1.54, 1.807) is 47.4 Å². The Morgan fingerprint density at radius 3 is 2.50 bits per heavy atom. The van der Waals surface area contributed by atoms with Crippen LogP contribution >= 0.6 is 0 Å². The topological polar surface area (TPSA) is 95.9 Å². The molecule has 2 heterocycles. The van der Waals surface area contributed by atoms with Gasteiger partial charge in [0, 0.05) is 17.6 Å². The van der Waals surface area contributed by atoms with Gasteiger partial charge in [0.25, 0.3) is 5.91 Å². The third kappa shape index (κ3) is 5.45. The molecule has 0 saturated heterocycles. The van der Waals surface area contributed by atoms with Crippen molar-refractivity contribution in [1.82, 2.24) is 4.90 Å². The molecule has 2 aliphatic heterocycles. The zero-order valence-corrected chi connectivity index (χ0v) is 21.1. The lowest BCUT2D eigenvalue weighted by molar-refractivity contribution is -0.137. The lowest BCUT2D eigenvalue weighted by atomic mass is 10.1. The molecule has 2 aliphatic rings. The third-order valence-electron chi connectivity index (χ3n) is 5.56. The van der Waals surface area contributed by atoms with Crippen LogP contribution in [0.1, 0.15) is 45.7 Å². The second-order valence-electron chi connectivity index (χ2n) is 8.82. The first-order valence-corrected chi connectivity index (χ1v) is 11.9. The van der Waals surface area contributed by atoms with Gasteiger partial charge in [-0.05, 0) is 76.6 Å². The highest BCUT2D eigenvalue weighted by molar-refractivity contribution is 6.13. The van der Waals surface area contributed by atoms with Crippen LogP contribution in [0.2, 0.25) is 0 Å². The zero-order chi connectivity index (χ0) is 25.8. The minimum Gasteiger partial charge on any atom is -0.490 e. The third-order valence-corrected chi connectivity index (χ3v) is 5.56. The van der Waals surface area contributed by atoms with Crippen molar-refractivity contribution in [2.75, 3.05) is 20.0 Å². The number of nitrogens with zero attached hydrogens (tertiary/aromatic N) is 2. The largest absolute Gasteiger partial charge is 0.490 e. The summed E-state index contributed by atoms with van der Waals surface area (Å²) in [5.74, 6) is 1.64. The van der Waals surface area contributed by atoms with Gasteiger partial charge in [-0.2, -0.15) is 0 Å². The first-order valence-electron chi connectivity index (χ1n) is 11.9. The predicted octanol–water partition coefficient (Wildman–Crippen LogP) is 4.18. The Balaban J connectivity index is 1.52. The molecule has 0 N–H and O–H groups in total. The Labute approximate surface area is 210 Å². The van der Waals surface area contributed by atoms with Gasteiger partial charge in [0.1, 0.15) is 0 Å². The molecule has 36 heavy (non-hydrogen) atoms. The van der Waals surface area contributed by atoms with E-state index < -0.39 is 5.97 Å². The lowest BCUT2D eigenvalue weighted by Crippen LogP contribution is -2.44. The molecule has 0 spiro atoms. The Bertz CT molecular complexity index is 1210. The average molecular weight is 495 g/mol. The van der Waals surface area contributed by atoms with Gasteiger partial charge < -0.3 is 28.6 Å². The van der Waals surface area contributed by atoms with Crippen LogP contribution in [0.5, 0.6) is 23.0 Å². The summed E-state index contributed by atoms with van der Waals surface area (Å²) in [5, 5.41) is 0. The highest BCUT2D eigenvalue weighted by Gasteiger charge is 2.26. The summed E-state index contributed by atoms with van der Waals surface area (Å²) in [5.41, 5.74) is 1.43. The molecule has 9 heteroatoms. The molecule has 2 aromatic rings.